The van der Waals surface area contributed by atoms with Gasteiger partial charge in [0.25, 0.3) is 0 Å². The molecule has 0 saturated carbocycles. The number of nitrogens with zero attached hydrogens (tertiary/aromatic N) is 2. The van der Waals surface area contributed by atoms with Crippen molar-refractivity contribution in [3.63, 3.8) is 0 Å². The second kappa shape index (κ2) is 3.67. The van der Waals surface area contributed by atoms with Crippen LogP contribution in [0.2, 0.25) is 20.2 Å². The van der Waals surface area contributed by atoms with E-state index < -0.39 is 0 Å². The third-order valence-corrected chi connectivity index (χ3v) is 2.77. The monoisotopic (exact) mass is 240 g/mol. The van der Waals surface area contributed by atoms with Crippen molar-refractivity contribution in [3.8, 4) is 6.07 Å². The molecule has 1 aromatic rings. The van der Waals surface area contributed by atoms with Crippen LogP contribution in [0, 0.1) is 11.3 Å². The fourth-order valence-electron chi connectivity index (χ4n) is 0.561. The Morgan fingerprint density at radius 1 is 1.00 bits per heavy atom. The largest absolute Gasteiger partial charge is 0.222 e. The van der Waals surface area contributed by atoms with Gasteiger partial charge in [0, 0.05) is 0 Å². The van der Waals surface area contributed by atoms with E-state index in [-0.39, 0.29) is 25.9 Å². The van der Waals surface area contributed by atoms with Crippen molar-refractivity contribution >= 4 is 46.4 Å². The summed E-state index contributed by atoms with van der Waals surface area (Å²) in [6.07, 6.45) is 0. The summed E-state index contributed by atoms with van der Waals surface area (Å²) in [4.78, 5) is 3.61. The Morgan fingerprint density at radius 2 is 1.58 bits per heavy atom. The van der Waals surface area contributed by atoms with Gasteiger partial charge in [0.1, 0.15) is 6.07 Å². The number of rotatable bonds is 0. The molecule has 0 aliphatic rings. The lowest BCUT2D eigenvalue weighted by Gasteiger charge is -2.01. The van der Waals surface area contributed by atoms with Gasteiger partial charge in [-0.05, 0) is 0 Å². The summed E-state index contributed by atoms with van der Waals surface area (Å²) in [6.45, 7) is 0. The van der Waals surface area contributed by atoms with E-state index in [1.165, 1.54) is 0 Å². The van der Waals surface area contributed by atoms with Crippen LogP contribution in [0.25, 0.3) is 0 Å². The van der Waals surface area contributed by atoms with Gasteiger partial charge in [0.2, 0.25) is 0 Å². The fraction of sp³-hybridized carbons (Fsp3) is 0. The number of hydrogen-bond donors (Lipinski definition) is 0. The highest BCUT2D eigenvalue weighted by Crippen LogP contribution is 2.35. The number of aromatic nitrogens is 1. The standard InChI is InChI=1S/C6Cl4N2/c7-3-2(1-11)12-6(10)5(9)4(3)8. The Bertz CT molecular complexity index is 369. The van der Waals surface area contributed by atoms with Gasteiger partial charge >= 0.3 is 0 Å². The van der Waals surface area contributed by atoms with Crippen LogP contribution in [0.3, 0.4) is 0 Å². The molecule has 2 nitrogen and oxygen atoms in total. The topological polar surface area (TPSA) is 36.7 Å². The van der Waals surface area contributed by atoms with E-state index in [0.29, 0.717) is 0 Å². The number of pyridine rings is 1. The fourth-order valence-corrected chi connectivity index (χ4v) is 1.33. The highest BCUT2D eigenvalue weighted by atomic mass is 35.5. The van der Waals surface area contributed by atoms with E-state index in [1.807, 2.05) is 0 Å². The van der Waals surface area contributed by atoms with Crippen molar-refractivity contribution in [1.82, 2.24) is 4.98 Å². The van der Waals surface area contributed by atoms with Crippen LogP contribution in [0.4, 0.5) is 0 Å². The Balaban J connectivity index is 3.52. The molecule has 1 rings (SSSR count). The first-order valence-corrected chi connectivity index (χ1v) is 4.19. The summed E-state index contributed by atoms with van der Waals surface area (Å²) in [5.41, 5.74) is -0.0314. The molecule has 0 radical (unpaired) electrons. The van der Waals surface area contributed by atoms with Gasteiger partial charge in [0.15, 0.2) is 10.8 Å². The highest BCUT2D eigenvalue weighted by Gasteiger charge is 2.13. The van der Waals surface area contributed by atoms with Gasteiger partial charge in [-0.1, -0.05) is 46.4 Å². The average molecular weight is 242 g/mol. The van der Waals surface area contributed by atoms with Crippen molar-refractivity contribution in [3.05, 3.63) is 25.9 Å². The van der Waals surface area contributed by atoms with Crippen LogP contribution in [0.5, 0.6) is 0 Å². The van der Waals surface area contributed by atoms with Crippen LogP contribution in [-0.4, -0.2) is 4.98 Å². The van der Waals surface area contributed by atoms with Crippen molar-refractivity contribution in [2.24, 2.45) is 0 Å². The first-order valence-electron chi connectivity index (χ1n) is 2.68. The highest BCUT2D eigenvalue weighted by molar-refractivity contribution is 6.51. The lowest BCUT2D eigenvalue weighted by atomic mass is 10.4. The maximum absolute atomic E-state index is 8.50. The maximum atomic E-state index is 8.50. The molecule has 1 aromatic heterocycles. The number of nitriles is 1. The van der Waals surface area contributed by atoms with Crippen LogP contribution in [0.1, 0.15) is 5.69 Å². The molecule has 0 aliphatic heterocycles. The molecule has 62 valence electrons. The Morgan fingerprint density at radius 3 is 2.08 bits per heavy atom. The Labute approximate surface area is 88.6 Å². The Kier molecular flexibility index (Phi) is 3.03. The lowest BCUT2D eigenvalue weighted by molar-refractivity contribution is 1.26. The van der Waals surface area contributed by atoms with Crippen molar-refractivity contribution in [1.29, 1.82) is 5.26 Å². The predicted octanol–water partition coefficient (Wildman–Crippen LogP) is 3.57. The van der Waals surface area contributed by atoms with Gasteiger partial charge in [-0.25, -0.2) is 4.98 Å². The second-order valence-electron chi connectivity index (χ2n) is 1.80. The summed E-state index contributed by atoms with van der Waals surface area (Å²) in [5, 5.41) is 8.61. The van der Waals surface area contributed by atoms with Crippen molar-refractivity contribution in [2.75, 3.05) is 0 Å². The molecule has 0 saturated heterocycles. The van der Waals surface area contributed by atoms with E-state index in [1.54, 1.807) is 6.07 Å². The van der Waals surface area contributed by atoms with Gasteiger partial charge in [-0.2, -0.15) is 5.26 Å². The van der Waals surface area contributed by atoms with E-state index in [9.17, 15) is 0 Å². The molecule has 0 N–H and O–H groups in total. The van der Waals surface area contributed by atoms with Crippen molar-refractivity contribution < 1.29 is 0 Å². The lowest BCUT2D eigenvalue weighted by Crippen LogP contribution is -1.87. The minimum absolute atomic E-state index is 0.0218. The summed E-state index contributed by atoms with van der Waals surface area (Å²) in [6, 6.07) is 1.73. The molecule has 1 heterocycles. The maximum Gasteiger partial charge on any atom is 0.162 e. The van der Waals surface area contributed by atoms with E-state index in [0.717, 1.165) is 0 Å². The normalized spacial score (nSPS) is 9.58. The Hall–Kier alpha value is -0.200. The SMILES string of the molecule is N#Cc1nc(Cl)c(Cl)c(Cl)c1Cl. The number of halogens is 4. The van der Waals surface area contributed by atoms with Gasteiger partial charge in [-0.15, -0.1) is 0 Å². The first kappa shape index (κ1) is 9.88. The van der Waals surface area contributed by atoms with Gasteiger partial charge < -0.3 is 0 Å². The summed E-state index contributed by atoms with van der Waals surface area (Å²) in [5.74, 6) is 0. The summed E-state index contributed by atoms with van der Waals surface area (Å²) < 4.78 is 0. The molecule has 0 fully saturated rings. The van der Waals surface area contributed by atoms with Crippen LogP contribution < -0.4 is 0 Å². The second-order valence-corrected chi connectivity index (χ2v) is 3.30. The summed E-state index contributed by atoms with van der Waals surface area (Å²) in [7, 11) is 0. The molecule has 0 amide bonds. The predicted molar refractivity (Wildman–Crippen MR) is 49.0 cm³/mol. The smallest absolute Gasteiger partial charge is 0.162 e. The third-order valence-electron chi connectivity index (χ3n) is 1.09. The molecular formula is C6Cl4N2. The van der Waals surface area contributed by atoms with E-state index in [2.05, 4.69) is 4.98 Å². The van der Waals surface area contributed by atoms with Gasteiger partial charge in [-0.3, -0.25) is 0 Å². The zero-order valence-electron chi connectivity index (χ0n) is 5.41. The molecule has 0 aromatic carbocycles. The quantitative estimate of drug-likeness (QED) is 0.652. The van der Waals surface area contributed by atoms with Crippen LogP contribution in [0.15, 0.2) is 0 Å². The molecule has 12 heavy (non-hydrogen) atoms. The number of hydrogen-bond acceptors (Lipinski definition) is 2. The first-order chi connectivity index (χ1) is 5.57. The van der Waals surface area contributed by atoms with E-state index >= 15 is 0 Å². The van der Waals surface area contributed by atoms with Crippen molar-refractivity contribution in [2.45, 2.75) is 0 Å². The van der Waals surface area contributed by atoms with Crippen LogP contribution in [-0.2, 0) is 0 Å². The van der Waals surface area contributed by atoms with E-state index in [4.69, 9.17) is 51.7 Å². The molecule has 0 atom stereocenters. The molecule has 0 spiro atoms. The average Bonchev–Trinajstić information content (AvgIpc) is 2.08. The molecule has 0 unspecified atom stereocenters. The third kappa shape index (κ3) is 1.60. The minimum atomic E-state index is -0.0314. The zero-order chi connectivity index (χ0) is 9.30. The summed E-state index contributed by atoms with van der Waals surface area (Å²) >= 11 is 22.4. The molecule has 6 heteroatoms. The van der Waals surface area contributed by atoms with Gasteiger partial charge in [0.05, 0.1) is 15.1 Å². The van der Waals surface area contributed by atoms with Crippen LogP contribution >= 0.6 is 46.4 Å². The zero-order valence-corrected chi connectivity index (χ0v) is 8.43. The minimum Gasteiger partial charge on any atom is -0.222 e. The molecular weight excluding hydrogens is 242 g/mol. The molecule has 0 aliphatic carbocycles. The molecule has 0 bridgehead atoms.